The lowest BCUT2D eigenvalue weighted by molar-refractivity contribution is 0.576. The Kier molecular flexibility index (Phi) is 4.23. The van der Waals surface area contributed by atoms with Crippen molar-refractivity contribution in [3.05, 3.63) is 82.9 Å². The van der Waals surface area contributed by atoms with Crippen LogP contribution in [0.1, 0.15) is 24.1 Å². The van der Waals surface area contributed by atoms with Crippen molar-refractivity contribution in [1.29, 1.82) is 0 Å². The molecule has 0 bridgehead atoms. The molecule has 1 atom stereocenters. The van der Waals surface area contributed by atoms with E-state index in [1.165, 1.54) is 21.9 Å². The van der Waals surface area contributed by atoms with Gasteiger partial charge >= 0.3 is 0 Å². The Labute approximate surface area is 130 Å². The van der Waals surface area contributed by atoms with Gasteiger partial charge in [-0.05, 0) is 41.0 Å². The molecule has 21 heavy (non-hydrogen) atoms. The van der Waals surface area contributed by atoms with Crippen LogP contribution < -0.4 is 5.32 Å². The van der Waals surface area contributed by atoms with Crippen molar-refractivity contribution in [3.63, 3.8) is 0 Å². The summed E-state index contributed by atoms with van der Waals surface area (Å²) >= 11 is 6.06. The smallest absolute Gasteiger partial charge is 0.0409 e. The predicted octanol–water partition coefficient (Wildman–Crippen LogP) is 5.34. The van der Waals surface area contributed by atoms with Gasteiger partial charge in [0.2, 0.25) is 0 Å². The van der Waals surface area contributed by atoms with Gasteiger partial charge in [0.1, 0.15) is 0 Å². The third-order valence-corrected chi connectivity index (χ3v) is 4.06. The van der Waals surface area contributed by atoms with E-state index in [1.807, 2.05) is 18.2 Å². The number of rotatable bonds is 4. The van der Waals surface area contributed by atoms with Crippen LogP contribution in [0.4, 0.5) is 0 Å². The first-order valence-electron chi connectivity index (χ1n) is 7.19. The Morgan fingerprint density at radius 1 is 0.952 bits per heavy atom. The Balaban J connectivity index is 1.77. The fourth-order valence-corrected chi connectivity index (χ4v) is 2.80. The summed E-state index contributed by atoms with van der Waals surface area (Å²) in [6.07, 6.45) is 0. The lowest BCUT2D eigenvalue weighted by Gasteiger charge is -2.15. The average Bonchev–Trinajstić information content (AvgIpc) is 2.52. The number of nitrogens with one attached hydrogen (secondary N) is 1. The van der Waals surface area contributed by atoms with Crippen LogP contribution >= 0.6 is 11.6 Å². The third-order valence-electron chi connectivity index (χ3n) is 3.83. The molecule has 0 aliphatic heterocycles. The zero-order valence-electron chi connectivity index (χ0n) is 12.0. The minimum Gasteiger partial charge on any atom is -0.306 e. The van der Waals surface area contributed by atoms with Crippen molar-refractivity contribution in [2.24, 2.45) is 0 Å². The predicted molar refractivity (Wildman–Crippen MR) is 90.7 cm³/mol. The van der Waals surface area contributed by atoms with E-state index in [-0.39, 0.29) is 6.04 Å². The fraction of sp³-hybridized carbons (Fsp3) is 0.158. The van der Waals surface area contributed by atoms with E-state index in [1.54, 1.807) is 0 Å². The van der Waals surface area contributed by atoms with Crippen molar-refractivity contribution >= 4 is 22.4 Å². The molecule has 3 rings (SSSR count). The van der Waals surface area contributed by atoms with Crippen LogP contribution in [0.15, 0.2) is 66.7 Å². The van der Waals surface area contributed by atoms with Crippen LogP contribution in [0.2, 0.25) is 5.02 Å². The van der Waals surface area contributed by atoms with E-state index in [9.17, 15) is 0 Å². The number of fused-ring (bicyclic) bond motifs is 1. The summed E-state index contributed by atoms with van der Waals surface area (Å²) in [5.41, 5.74) is 2.53. The van der Waals surface area contributed by atoms with Gasteiger partial charge in [-0.3, -0.25) is 0 Å². The van der Waals surface area contributed by atoms with Crippen molar-refractivity contribution < 1.29 is 0 Å². The molecule has 0 fully saturated rings. The van der Waals surface area contributed by atoms with Crippen LogP contribution in [0, 0.1) is 0 Å². The molecule has 3 aromatic carbocycles. The van der Waals surface area contributed by atoms with Gasteiger partial charge in [-0.2, -0.15) is 0 Å². The molecule has 0 aliphatic carbocycles. The Hall–Kier alpha value is -1.83. The highest BCUT2D eigenvalue weighted by Gasteiger charge is 2.06. The van der Waals surface area contributed by atoms with Gasteiger partial charge in [0, 0.05) is 17.6 Å². The molecular weight excluding hydrogens is 278 g/mol. The number of benzene rings is 3. The highest BCUT2D eigenvalue weighted by atomic mass is 35.5. The highest BCUT2D eigenvalue weighted by Crippen LogP contribution is 2.21. The van der Waals surface area contributed by atoms with Gasteiger partial charge < -0.3 is 5.32 Å². The van der Waals surface area contributed by atoms with E-state index in [2.05, 4.69) is 60.8 Å². The van der Waals surface area contributed by atoms with Gasteiger partial charge in [-0.25, -0.2) is 0 Å². The molecule has 0 radical (unpaired) electrons. The Bertz CT molecular complexity index is 746. The number of hydrogen-bond donors (Lipinski definition) is 1. The average molecular weight is 296 g/mol. The van der Waals surface area contributed by atoms with Gasteiger partial charge in [-0.1, -0.05) is 66.2 Å². The maximum atomic E-state index is 6.06. The second-order valence-electron chi connectivity index (χ2n) is 5.30. The molecule has 0 saturated carbocycles. The zero-order chi connectivity index (χ0) is 14.7. The summed E-state index contributed by atoms with van der Waals surface area (Å²) in [4.78, 5) is 0. The maximum absolute atomic E-state index is 6.06. The Morgan fingerprint density at radius 3 is 2.57 bits per heavy atom. The summed E-state index contributed by atoms with van der Waals surface area (Å²) in [6, 6.07) is 23.2. The largest absolute Gasteiger partial charge is 0.306 e. The van der Waals surface area contributed by atoms with Crippen molar-refractivity contribution in [2.75, 3.05) is 0 Å². The highest BCUT2D eigenvalue weighted by molar-refractivity contribution is 6.30. The standard InChI is InChI=1S/C19H18ClN/c1-14(16-8-5-10-18(20)12-16)21-13-17-9-4-7-15-6-2-3-11-19(15)17/h2-12,14,21H,13H2,1H3/t14-/m1/s1. The molecule has 1 N–H and O–H groups in total. The van der Waals surface area contributed by atoms with Gasteiger partial charge in [0.15, 0.2) is 0 Å². The molecule has 106 valence electrons. The van der Waals surface area contributed by atoms with Crippen molar-refractivity contribution in [2.45, 2.75) is 19.5 Å². The molecule has 2 heteroatoms. The SMILES string of the molecule is C[C@@H](NCc1cccc2ccccc12)c1cccc(Cl)c1. The van der Waals surface area contributed by atoms with Crippen molar-refractivity contribution in [1.82, 2.24) is 5.32 Å². The first-order valence-corrected chi connectivity index (χ1v) is 7.57. The van der Waals surface area contributed by atoms with E-state index in [0.29, 0.717) is 0 Å². The summed E-state index contributed by atoms with van der Waals surface area (Å²) in [7, 11) is 0. The molecule has 0 spiro atoms. The third kappa shape index (κ3) is 3.26. The second kappa shape index (κ2) is 6.30. The minimum atomic E-state index is 0.266. The molecule has 0 amide bonds. The summed E-state index contributed by atoms with van der Waals surface area (Å²) in [5.74, 6) is 0. The zero-order valence-corrected chi connectivity index (χ0v) is 12.8. The van der Waals surface area contributed by atoms with E-state index < -0.39 is 0 Å². The van der Waals surface area contributed by atoms with Crippen LogP contribution in [0.3, 0.4) is 0 Å². The topological polar surface area (TPSA) is 12.0 Å². The van der Waals surface area contributed by atoms with Crippen LogP contribution in [-0.2, 0) is 6.54 Å². The second-order valence-corrected chi connectivity index (χ2v) is 5.73. The summed E-state index contributed by atoms with van der Waals surface area (Å²) in [6.45, 7) is 3.01. The summed E-state index contributed by atoms with van der Waals surface area (Å²) in [5, 5.41) is 6.95. The van der Waals surface area contributed by atoms with Crippen LogP contribution in [0.5, 0.6) is 0 Å². The van der Waals surface area contributed by atoms with Crippen LogP contribution in [-0.4, -0.2) is 0 Å². The van der Waals surface area contributed by atoms with Crippen LogP contribution in [0.25, 0.3) is 10.8 Å². The fourth-order valence-electron chi connectivity index (χ4n) is 2.60. The quantitative estimate of drug-likeness (QED) is 0.684. The molecular formula is C19H18ClN. The van der Waals surface area contributed by atoms with E-state index in [4.69, 9.17) is 11.6 Å². The maximum Gasteiger partial charge on any atom is 0.0409 e. The molecule has 1 nitrogen and oxygen atoms in total. The van der Waals surface area contributed by atoms with Gasteiger partial charge in [0.25, 0.3) is 0 Å². The molecule has 0 aromatic heterocycles. The number of hydrogen-bond acceptors (Lipinski definition) is 1. The van der Waals surface area contributed by atoms with Gasteiger partial charge in [-0.15, -0.1) is 0 Å². The Morgan fingerprint density at radius 2 is 1.71 bits per heavy atom. The lowest BCUT2D eigenvalue weighted by Crippen LogP contribution is -2.18. The monoisotopic (exact) mass is 295 g/mol. The molecule has 0 aliphatic rings. The van der Waals surface area contributed by atoms with Crippen molar-refractivity contribution in [3.8, 4) is 0 Å². The van der Waals surface area contributed by atoms with E-state index in [0.717, 1.165) is 11.6 Å². The minimum absolute atomic E-state index is 0.266. The normalized spacial score (nSPS) is 12.5. The molecule has 0 unspecified atom stereocenters. The van der Waals surface area contributed by atoms with E-state index >= 15 is 0 Å². The lowest BCUT2D eigenvalue weighted by atomic mass is 10.0. The number of halogens is 1. The molecule has 0 saturated heterocycles. The first-order chi connectivity index (χ1) is 10.2. The summed E-state index contributed by atoms with van der Waals surface area (Å²) < 4.78 is 0. The first kappa shape index (κ1) is 14.1. The van der Waals surface area contributed by atoms with Gasteiger partial charge in [0.05, 0.1) is 0 Å². The molecule has 0 heterocycles. The molecule has 3 aromatic rings.